The maximum Gasteiger partial charge on any atom is 0.325 e. The molecule has 0 aromatic carbocycles. The quantitative estimate of drug-likeness (QED) is 0.680. The monoisotopic (exact) mass is 368 g/mol. The lowest BCUT2D eigenvalue weighted by molar-refractivity contribution is -0.131. The van der Waals surface area contributed by atoms with Crippen LogP contribution in [0, 0.1) is 0 Å². The summed E-state index contributed by atoms with van der Waals surface area (Å²) in [4.78, 5) is 50.3. The number of carbonyl (C=O) groups excluding carboxylic acids is 1. The van der Waals surface area contributed by atoms with Crippen molar-refractivity contribution in [1.82, 2.24) is 30.0 Å². The van der Waals surface area contributed by atoms with Gasteiger partial charge in [0, 0.05) is 24.5 Å². The van der Waals surface area contributed by atoms with Gasteiger partial charge in [-0.3, -0.25) is 19.6 Å². The third-order valence-electron chi connectivity index (χ3n) is 4.43. The zero-order chi connectivity index (χ0) is 18.8. The largest absolute Gasteiger partial charge is 0.337 e. The van der Waals surface area contributed by atoms with Crippen LogP contribution in [-0.4, -0.2) is 42.4 Å². The summed E-state index contributed by atoms with van der Waals surface area (Å²) in [6.07, 6.45) is 4.26. The number of likely N-dealkylation sites (tertiary alicyclic amines) is 1. The highest BCUT2D eigenvalue weighted by Gasteiger charge is 2.34. The van der Waals surface area contributed by atoms with E-state index in [4.69, 9.17) is 4.52 Å². The molecule has 1 fully saturated rings. The van der Waals surface area contributed by atoms with Crippen molar-refractivity contribution in [3.05, 3.63) is 62.9 Å². The highest BCUT2D eigenvalue weighted by atomic mass is 16.5. The molecule has 27 heavy (non-hydrogen) atoms. The minimum absolute atomic E-state index is 0.121. The Morgan fingerprint density at radius 2 is 2.22 bits per heavy atom. The molecule has 0 bridgehead atoms. The number of hydrogen-bond donors (Lipinski definition) is 2. The van der Waals surface area contributed by atoms with Gasteiger partial charge in [0.2, 0.25) is 17.6 Å². The average Bonchev–Trinajstić information content (AvgIpc) is 3.33. The molecule has 10 heteroatoms. The van der Waals surface area contributed by atoms with Crippen molar-refractivity contribution in [2.24, 2.45) is 0 Å². The number of nitrogens with one attached hydrogen (secondary N) is 2. The second-order valence-electron chi connectivity index (χ2n) is 6.19. The first kappa shape index (κ1) is 16.9. The van der Waals surface area contributed by atoms with Crippen molar-refractivity contribution < 1.29 is 9.32 Å². The van der Waals surface area contributed by atoms with Crippen molar-refractivity contribution >= 4 is 5.91 Å². The number of carbonyl (C=O) groups is 1. The third-order valence-corrected chi connectivity index (χ3v) is 4.43. The Morgan fingerprint density at radius 1 is 1.33 bits per heavy atom. The Labute approximate surface area is 152 Å². The minimum atomic E-state index is -0.608. The van der Waals surface area contributed by atoms with Crippen molar-refractivity contribution in [2.75, 3.05) is 6.54 Å². The van der Waals surface area contributed by atoms with E-state index in [9.17, 15) is 14.4 Å². The van der Waals surface area contributed by atoms with Gasteiger partial charge in [-0.05, 0) is 25.0 Å². The zero-order valence-corrected chi connectivity index (χ0v) is 14.2. The molecule has 0 unspecified atom stereocenters. The van der Waals surface area contributed by atoms with Crippen LogP contribution in [0.3, 0.4) is 0 Å². The van der Waals surface area contributed by atoms with Crippen LogP contribution >= 0.6 is 0 Å². The van der Waals surface area contributed by atoms with Crippen LogP contribution in [0.25, 0.3) is 11.5 Å². The van der Waals surface area contributed by atoms with Crippen LogP contribution in [0.2, 0.25) is 0 Å². The SMILES string of the molecule is O=C(Cc1c[nH]c(=O)[nH]c1=O)N1CCC[C@@H]1c1nc(-c2ccccn2)no1. The molecule has 10 nitrogen and oxygen atoms in total. The van der Waals surface area contributed by atoms with Gasteiger partial charge in [0.1, 0.15) is 11.7 Å². The van der Waals surface area contributed by atoms with E-state index < -0.39 is 11.2 Å². The topological polar surface area (TPSA) is 138 Å². The highest BCUT2D eigenvalue weighted by molar-refractivity contribution is 5.79. The molecule has 0 radical (unpaired) electrons. The predicted molar refractivity (Wildman–Crippen MR) is 92.6 cm³/mol. The van der Waals surface area contributed by atoms with Gasteiger partial charge in [-0.25, -0.2) is 4.79 Å². The van der Waals surface area contributed by atoms with Crippen molar-refractivity contribution in [3.63, 3.8) is 0 Å². The average molecular weight is 368 g/mol. The first-order chi connectivity index (χ1) is 13.1. The molecule has 1 amide bonds. The molecule has 1 atom stereocenters. The molecule has 2 N–H and O–H groups in total. The second-order valence-corrected chi connectivity index (χ2v) is 6.19. The molecular weight excluding hydrogens is 352 g/mol. The molecule has 1 saturated heterocycles. The molecule has 0 aliphatic carbocycles. The van der Waals surface area contributed by atoms with Gasteiger partial charge in [0.25, 0.3) is 5.56 Å². The van der Waals surface area contributed by atoms with Crippen LogP contribution < -0.4 is 11.2 Å². The Morgan fingerprint density at radius 3 is 3.00 bits per heavy atom. The minimum Gasteiger partial charge on any atom is -0.337 e. The molecular formula is C17H16N6O4. The van der Waals surface area contributed by atoms with E-state index in [-0.39, 0.29) is 23.9 Å². The van der Waals surface area contributed by atoms with Gasteiger partial charge < -0.3 is 14.4 Å². The first-order valence-corrected chi connectivity index (χ1v) is 8.47. The highest BCUT2D eigenvalue weighted by Crippen LogP contribution is 2.32. The molecule has 3 aromatic heterocycles. The van der Waals surface area contributed by atoms with Gasteiger partial charge in [0.15, 0.2) is 0 Å². The summed E-state index contributed by atoms with van der Waals surface area (Å²) < 4.78 is 5.36. The van der Waals surface area contributed by atoms with Crippen molar-refractivity contribution in [3.8, 4) is 11.5 Å². The van der Waals surface area contributed by atoms with Crippen molar-refractivity contribution in [2.45, 2.75) is 25.3 Å². The van der Waals surface area contributed by atoms with Crippen LogP contribution in [-0.2, 0) is 11.2 Å². The van der Waals surface area contributed by atoms with Crippen LogP contribution in [0.5, 0.6) is 0 Å². The summed E-state index contributed by atoms with van der Waals surface area (Å²) in [5, 5.41) is 3.95. The number of aromatic nitrogens is 5. The molecule has 1 aliphatic rings. The van der Waals surface area contributed by atoms with Crippen LogP contribution in [0.1, 0.15) is 30.3 Å². The summed E-state index contributed by atoms with van der Waals surface area (Å²) in [5.74, 6) is 0.464. The predicted octanol–water partition coefficient (Wildman–Crippen LogP) is 0.414. The number of aromatic amines is 2. The Hall–Kier alpha value is -3.56. The Balaban J connectivity index is 1.54. The summed E-state index contributed by atoms with van der Waals surface area (Å²) in [6, 6.07) is 5.05. The lowest BCUT2D eigenvalue weighted by Gasteiger charge is -2.21. The number of hydrogen-bond acceptors (Lipinski definition) is 7. The molecule has 138 valence electrons. The van der Waals surface area contributed by atoms with E-state index in [1.165, 1.54) is 6.20 Å². The number of nitrogens with zero attached hydrogens (tertiary/aromatic N) is 4. The molecule has 3 aromatic rings. The van der Waals surface area contributed by atoms with Gasteiger partial charge in [-0.1, -0.05) is 11.2 Å². The fourth-order valence-corrected chi connectivity index (χ4v) is 3.13. The number of pyridine rings is 1. The molecule has 0 saturated carbocycles. The van der Waals surface area contributed by atoms with E-state index >= 15 is 0 Å². The maximum atomic E-state index is 12.7. The number of rotatable bonds is 4. The molecule has 0 spiro atoms. The second kappa shape index (κ2) is 6.98. The van der Waals surface area contributed by atoms with Gasteiger partial charge in [-0.2, -0.15) is 4.98 Å². The van der Waals surface area contributed by atoms with E-state index in [0.717, 1.165) is 6.42 Å². The summed E-state index contributed by atoms with van der Waals surface area (Å²) in [6.45, 7) is 0.534. The maximum absolute atomic E-state index is 12.7. The zero-order valence-electron chi connectivity index (χ0n) is 14.2. The fourth-order valence-electron chi connectivity index (χ4n) is 3.13. The summed E-state index contributed by atoms with van der Waals surface area (Å²) >= 11 is 0. The molecule has 4 heterocycles. The normalized spacial score (nSPS) is 16.6. The van der Waals surface area contributed by atoms with Gasteiger partial charge in [0.05, 0.1) is 6.42 Å². The first-order valence-electron chi connectivity index (χ1n) is 8.47. The molecule has 4 rings (SSSR count). The Kier molecular flexibility index (Phi) is 4.37. The van der Waals surface area contributed by atoms with Crippen LogP contribution in [0.4, 0.5) is 0 Å². The Bertz CT molecular complexity index is 1070. The lowest BCUT2D eigenvalue weighted by Crippen LogP contribution is -2.34. The van der Waals surface area contributed by atoms with E-state index in [1.807, 2.05) is 6.07 Å². The summed E-state index contributed by atoms with van der Waals surface area (Å²) in [5.41, 5.74) is -0.394. The van der Waals surface area contributed by atoms with E-state index in [2.05, 4.69) is 25.1 Å². The van der Waals surface area contributed by atoms with Crippen molar-refractivity contribution in [1.29, 1.82) is 0 Å². The molecule has 1 aliphatic heterocycles. The lowest BCUT2D eigenvalue weighted by atomic mass is 10.2. The van der Waals surface area contributed by atoms with E-state index in [0.29, 0.717) is 30.4 Å². The standard InChI is InChI=1S/C17H16N6O4/c24-13(8-10-9-19-17(26)21-15(10)25)23-7-3-5-12(23)16-20-14(22-27-16)11-4-1-2-6-18-11/h1-2,4,6,9,12H,3,5,7-8H2,(H2,19,21,25,26)/t12-/m1/s1. The smallest absolute Gasteiger partial charge is 0.325 e. The van der Waals surface area contributed by atoms with Crippen LogP contribution in [0.15, 0.2) is 44.7 Å². The summed E-state index contributed by atoms with van der Waals surface area (Å²) in [7, 11) is 0. The van der Waals surface area contributed by atoms with E-state index in [1.54, 1.807) is 23.2 Å². The van der Waals surface area contributed by atoms with Gasteiger partial charge in [-0.15, -0.1) is 0 Å². The third kappa shape index (κ3) is 3.41. The fraction of sp³-hybridized carbons (Fsp3) is 0.294. The number of H-pyrrole nitrogens is 2. The number of amides is 1. The van der Waals surface area contributed by atoms with Gasteiger partial charge >= 0.3 is 5.69 Å².